The van der Waals surface area contributed by atoms with Crippen molar-refractivity contribution >= 4 is 12.6 Å². The molecule has 2 aromatic carbocycles. The average Bonchev–Trinajstić information content (AvgIpc) is 3.19. The van der Waals surface area contributed by atoms with E-state index in [0.717, 1.165) is 28.3 Å². The smallest absolute Gasteiger partial charge is 0.160 e. The molecule has 1 aromatic heterocycles. The molecule has 0 amide bonds. The summed E-state index contributed by atoms with van der Waals surface area (Å²) in [5, 5.41) is 9.86. The Morgan fingerprint density at radius 3 is 2.36 bits per heavy atom. The summed E-state index contributed by atoms with van der Waals surface area (Å²) >= 11 is 4.78. The third-order valence-electron chi connectivity index (χ3n) is 5.02. The molecule has 6 heteroatoms. The Labute approximate surface area is 170 Å². The van der Waals surface area contributed by atoms with Crippen molar-refractivity contribution in [1.29, 1.82) is 0 Å². The minimum absolute atomic E-state index is 0.296. The van der Waals surface area contributed by atoms with Crippen LogP contribution in [-0.4, -0.2) is 40.7 Å². The lowest BCUT2D eigenvalue weighted by Crippen LogP contribution is -2.38. The third kappa shape index (κ3) is 4.00. The van der Waals surface area contributed by atoms with Gasteiger partial charge in [0.1, 0.15) is 5.82 Å². The molecule has 2 heterocycles. The van der Waals surface area contributed by atoms with Gasteiger partial charge in [-0.25, -0.2) is 4.98 Å². The van der Waals surface area contributed by atoms with Crippen molar-refractivity contribution in [1.82, 2.24) is 9.97 Å². The van der Waals surface area contributed by atoms with Gasteiger partial charge in [-0.2, -0.15) is 12.6 Å². The summed E-state index contributed by atoms with van der Waals surface area (Å²) in [7, 11) is 1.58. The van der Waals surface area contributed by atoms with E-state index in [4.69, 9.17) is 27.1 Å². The number of aromatic amines is 1. The first-order chi connectivity index (χ1) is 13.7. The topological polar surface area (TPSA) is 67.4 Å². The van der Waals surface area contributed by atoms with Gasteiger partial charge in [-0.15, -0.1) is 0 Å². The summed E-state index contributed by atoms with van der Waals surface area (Å²) in [4.78, 5) is 8.32. The van der Waals surface area contributed by atoms with E-state index in [-0.39, 0.29) is 11.4 Å². The molecule has 0 saturated carbocycles. The van der Waals surface area contributed by atoms with E-state index in [1.165, 1.54) is 0 Å². The molecule has 1 aliphatic rings. The molecule has 0 aliphatic carbocycles. The number of aliphatic hydroxyl groups excluding tert-OH is 1. The monoisotopic (exact) mass is 396 g/mol. The van der Waals surface area contributed by atoms with E-state index < -0.39 is 12.4 Å². The fourth-order valence-corrected chi connectivity index (χ4v) is 3.89. The van der Waals surface area contributed by atoms with Crippen LogP contribution in [0.1, 0.15) is 23.9 Å². The van der Waals surface area contributed by atoms with Crippen LogP contribution in [0.4, 0.5) is 0 Å². The van der Waals surface area contributed by atoms with Gasteiger partial charge in [-0.1, -0.05) is 60.7 Å². The number of methoxy groups -OCH3 is 1. The van der Waals surface area contributed by atoms with Crippen LogP contribution >= 0.6 is 12.6 Å². The molecule has 28 heavy (non-hydrogen) atoms. The van der Waals surface area contributed by atoms with E-state index in [1.807, 2.05) is 48.5 Å². The van der Waals surface area contributed by atoms with Crippen molar-refractivity contribution in [2.24, 2.45) is 0 Å². The van der Waals surface area contributed by atoms with Gasteiger partial charge in [0.2, 0.25) is 0 Å². The first kappa shape index (κ1) is 19.2. The quantitative estimate of drug-likeness (QED) is 0.565. The SMILES string of the molecule is CO[C@H]1C[C@H](O)C[C@@H](C(S)c2nc(-c3ccccc3)c(-c3ccccc3)[nH]2)O1. The lowest BCUT2D eigenvalue weighted by atomic mass is 10.0. The molecule has 1 aliphatic heterocycles. The Bertz CT molecular complexity index is 844. The molecule has 1 saturated heterocycles. The predicted octanol–water partition coefficient (Wildman–Crippen LogP) is 4.23. The predicted molar refractivity (Wildman–Crippen MR) is 112 cm³/mol. The first-order valence-electron chi connectivity index (χ1n) is 9.41. The molecule has 146 valence electrons. The molecule has 5 nitrogen and oxygen atoms in total. The lowest BCUT2D eigenvalue weighted by Gasteiger charge is -2.34. The summed E-state index contributed by atoms with van der Waals surface area (Å²) in [5.41, 5.74) is 3.91. The van der Waals surface area contributed by atoms with Crippen LogP contribution in [0.25, 0.3) is 22.5 Å². The normalized spacial score (nSPS) is 23.5. The molecular weight excluding hydrogens is 372 g/mol. The Morgan fingerprint density at radius 1 is 1.07 bits per heavy atom. The Hall–Kier alpha value is -2.12. The maximum absolute atomic E-state index is 10.2. The zero-order valence-electron chi connectivity index (χ0n) is 15.7. The molecule has 3 aromatic rings. The Balaban J connectivity index is 1.71. The number of benzene rings is 2. The van der Waals surface area contributed by atoms with Gasteiger partial charge in [0.15, 0.2) is 6.29 Å². The summed E-state index contributed by atoms with van der Waals surface area (Å²) in [5.74, 6) is 0.718. The van der Waals surface area contributed by atoms with Crippen LogP contribution < -0.4 is 0 Å². The molecular formula is C22H24N2O3S. The van der Waals surface area contributed by atoms with Gasteiger partial charge in [0, 0.05) is 31.1 Å². The van der Waals surface area contributed by atoms with Crippen LogP contribution in [0, 0.1) is 0 Å². The number of nitrogens with zero attached hydrogens (tertiary/aromatic N) is 1. The number of hydrogen-bond acceptors (Lipinski definition) is 5. The molecule has 0 bridgehead atoms. The Morgan fingerprint density at radius 2 is 1.71 bits per heavy atom. The largest absolute Gasteiger partial charge is 0.393 e. The van der Waals surface area contributed by atoms with Gasteiger partial charge in [-0.05, 0) is 0 Å². The van der Waals surface area contributed by atoms with E-state index in [9.17, 15) is 5.11 Å². The number of nitrogens with one attached hydrogen (secondary N) is 1. The lowest BCUT2D eigenvalue weighted by molar-refractivity contribution is -0.203. The maximum Gasteiger partial charge on any atom is 0.160 e. The van der Waals surface area contributed by atoms with Crippen LogP contribution in [0.15, 0.2) is 60.7 Å². The number of imidazole rings is 1. The van der Waals surface area contributed by atoms with Crippen molar-refractivity contribution in [2.45, 2.75) is 36.6 Å². The first-order valence-corrected chi connectivity index (χ1v) is 9.92. The fourth-order valence-electron chi connectivity index (χ4n) is 3.57. The number of thiol groups is 1. The van der Waals surface area contributed by atoms with Crippen molar-refractivity contribution in [3.8, 4) is 22.5 Å². The molecule has 4 rings (SSSR count). The van der Waals surface area contributed by atoms with Crippen molar-refractivity contribution < 1.29 is 14.6 Å². The number of rotatable bonds is 5. The minimum atomic E-state index is -0.476. The van der Waals surface area contributed by atoms with Gasteiger partial charge >= 0.3 is 0 Å². The molecule has 2 N–H and O–H groups in total. The standard InChI is InChI=1S/C22H24N2O3S/c1-26-18-13-16(25)12-17(27-18)21(28)22-23-19(14-8-4-2-5-9-14)20(24-22)15-10-6-3-7-11-15/h2-11,16-18,21,25,28H,12-13H2,1H3,(H,23,24)/t16-,17+,18-,21?/m1/s1. The number of aromatic nitrogens is 2. The highest BCUT2D eigenvalue weighted by Crippen LogP contribution is 2.37. The molecule has 4 atom stereocenters. The van der Waals surface area contributed by atoms with Crippen LogP contribution in [0.3, 0.4) is 0 Å². The van der Waals surface area contributed by atoms with Gasteiger partial charge in [-0.3, -0.25) is 0 Å². The van der Waals surface area contributed by atoms with E-state index >= 15 is 0 Å². The zero-order chi connectivity index (χ0) is 19.5. The molecule has 0 spiro atoms. The Kier molecular flexibility index (Phi) is 5.82. The fraction of sp³-hybridized carbons (Fsp3) is 0.318. The molecule has 1 unspecified atom stereocenters. The van der Waals surface area contributed by atoms with Gasteiger partial charge in [0.05, 0.1) is 28.8 Å². The third-order valence-corrected chi connectivity index (χ3v) is 5.60. The second kappa shape index (κ2) is 8.49. The summed E-state index contributed by atoms with van der Waals surface area (Å²) in [6.45, 7) is 0. The van der Waals surface area contributed by atoms with E-state index in [0.29, 0.717) is 12.8 Å². The van der Waals surface area contributed by atoms with Crippen molar-refractivity contribution in [3.05, 3.63) is 66.5 Å². The van der Waals surface area contributed by atoms with Crippen molar-refractivity contribution in [3.63, 3.8) is 0 Å². The van der Waals surface area contributed by atoms with Crippen molar-refractivity contribution in [2.75, 3.05) is 7.11 Å². The second-order valence-electron chi connectivity index (χ2n) is 6.99. The zero-order valence-corrected chi connectivity index (χ0v) is 16.5. The minimum Gasteiger partial charge on any atom is -0.393 e. The summed E-state index contributed by atoms with van der Waals surface area (Å²) < 4.78 is 11.3. The number of hydrogen-bond donors (Lipinski definition) is 3. The second-order valence-corrected chi connectivity index (χ2v) is 7.54. The number of ether oxygens (including phenoxy) is 2. The van der Waals surface area contributed by atoms with Crippen LogP contribution in [-0.2, 0) is 9.47 Å². The van der Waals surface area contributed by atoms with Gasteiger partial charge < -0.3 is 19.6 Å². The maximum atomic E-state index is 10.2. The molecule has 1 fully saturated rings. The van der Waals surface area contributed by atoms with Crippen LogP contribution in [0.2, 0.25) is 0 Å². The molecule has 0 radical (unpaired) electrons. The summed E-state index contributed by atoms with van der Waals surface area (Å²) in [6, 6.07) is 20.2. The number of aliphatic hydroxyl groups is 1. The van der Waals surface area contributed by atoms with E-state index in [2.05, 4.69) is 17.1 Å². The summed E-state index contributed by atoms with van der Waals surface area (Å²) in [6.07, 6.45) is -0.238. The van der Waals surface area contributed by atoms with Crippen LogP contribution in [0.5, 0.6) is 0 Å². The van der Waals surface area contributed by atoms with Gasteiger partial charge in [0.25, 0.3) is 0 Å². The highest BCUT2D eigenvalue weighted by molar-refractivity contribution is 7.80. The highest BCUT2D eigenvalue weighted by atomic mass is 32.1. The number of H-pyrrole nitrogens is 1. The van der Waals surface area contributed by atoms with E-state index in [1.54, 1.807) is 7.11 Å². The average molecular weight is 397 g/mol. The highest BCUT2D eigenvalue weighted by Gasteiger charge is 2.34.